The van der Waals surface area contributed by atoms with Crippen molar-refractivity contribution in [1.29, 1.82) is 0 Å². The highest BCUT2D eigenvalue weighted by Gasteiger charge is 2.29. The summed E-state index contributed by atoms with van der Waals surface area (Å²) >= 11 is 0. The van der Waals surface area contributed by atoms with Crippen LogP contribution in [0.4, 0.5) is 4.39 Å². The Morgan fingerprint density at radius 2 is 2.20 bits per heavy atom. The lowest BCUT2D eigenvalue weighted by atomic mass is 9.99. The Morgan fingerprint density at radius 1 is 1.47 bits per heavy atom. The minimum absolute atomic E-state index is 0.0938. The number of halogens is 1. The molecular weight excluding hydrogens is 195 g/mol. The van der Waals surface area contributed by atoms with Gasteiger partial charge in [0.05, 0.1) is 5.92 Å². The van der Waals surface area contributed by atoms with E-state index >= 15 is 0 Å². The Hall–Kier alpha value is -1.42. The Morgan fingerprint density at radius 3 is 2.80 bits per heavy atom. The number of benzene rings is 1. The van der Waals surface area contributed by atoms with Gasteiger partial charge in [-0.1, -0.05) is 18.2 Å². The maximum Gasteiger partial charge on any atom is 0.221 e. The Balaban J connectivity index is 2.14. The SMILES string of the molecule is NC(=O)C1CNC(c2ccccc2F)C1. The van der Waals surface area contributed by atoms with Crippen molar-refractivity contribution in [1.82, 2.24) is 5.32 Å². The average Bonchev–Trinajstić information content (AvgIpc) is 2.67. The molecule has 1 aromatic rings. The van der Waals surface area contributed by atoms with Crippen LogP contribution >= 0.6 is 0 Å². The quantitative estimate of drug-likeness (QED) is 0.760. The van der Waals surface area contributed by atoms with Crippen molar-refractivity contribution in [2.45, 2.75) is 12.5 Å². The van der Waals surface area contributed by atoms with E-state index in [2.05, 4.69) is 5.32 Å². The van der Waals surface area contributed by atoms with Gasteiger partial charge in [-0.3, -0.25) is 4.79 Å². The van der Waals surface area contributed by atoms with Crippen molar-refractivity contribution in [2.24, 2.45) is 11.7 Å². The summed E-state index contributed by atoms with van der Waals surface area (Å²) in [6.07, 6.45) is 0.580. The van der Waals surface area contributed by atoms with E-state index in [9.17, 15) is 9.18 Å². The molecule has 1 heterocycles. The van der Waals surface area contributed by atoms with Crippen LogP contribution in [0.3, 0.4) is 0 Å². The van der Waals surface area contributed by atoms with E-state index in [0.717, 1.165) is 0 Å². The Labute approximate surface area is 87.5 Å². The third kappa shape index (κ3) is 1.99. The summed E-state index contributed by atoms with van der Waals surface area (Å²) in [5.41, 5.74) is 5.82. The molecule has 0 spiro atoms. The van der Waals surface area contributed by atoms with Crippen molar-refractivity contribution >= 4 is 5.91 Å². The van der Waals surface area contributed by atoms with Gasteiger partial charge in [-0.05, 0) is 12.5 Å². The largest absolute Gasteiger partial charge is 0.369 e. The summed E-state index contributed by atoms with van der Waals surface area (Å²) in [5, 5.41) is 3.10. The first-order valence-electron chi connectivity index (χ1n) is 4.95. The molecule has 2 rings (SSSR count). The van der Waals surface area contributed by atoms with E-state index in [4.69, 9.17) is 5.73 Å². The third-order valence-electron chi connectivity index (χ3n) is 2.81. The molecule has 3 N–H and O–H groups in total. The van der Waals surface area contributed by atoms with E-state index in [0.29, 0.717) is 18.5 Å². The topological polar surface area (TPSA) is 55.1 Å². The van der Waals surface area contributed by atoms with E-state index in [1.807, 2.05) is 0 Å². The zero-order valence-electron chi connectivity index (χ0n) is 8.24. The first-order valence-corrected chi connectivity index (χ1v) is 4.95. The zero-order valence-corrected chi connectivity index (χ0v) is 8.24. The lowest BCUT2D eigenvalue weighted by Crippen LogP contribution is -2.24. The number of nitrogens with two attached hydrogens (primary N) is 1. The van der Waals surface area contributed by atoms with Crippen LogP contribution in [0.25, 0.3) is 0 Å². The molecule has 4 heteroatoms. The second-order valence-corrected chi connectivity index (χ2v) is 3.82. The summed E-state index contributed by atoms with van der Waals surface area (Å²) in [6, 6.07) is 6.51. The van der Waals surface area contributed by atoms with Crippen LogP contribution in [-0.4, -0.2) is 12.5 Å². The molecular formula is C11H13FN2O. The minimum atomic E-state index is -0.318. The fourth-order valence-electron chi connectivity index (χ4n) is 1.95. The second-order valence-electron chi connectivity index (χ2n) is 3.82. The average molecular weight is 208 g/mol. The van der Waals surface area contributed by atoms with Crippen LogP contribution in [0, 0.1) is 11.7 Å². The van der Waals surface area contributed by atoms with Gasteiger partial charge in [0.25, 0.3) is 0 Å². The maximum atomic E-state index is 13.4. The normalized spacial score (nSPS) is 25.4. The van der Waals surface area contributed by atoms with Crippen LogP contribution in [-0.2, 0) is 4.79 Å². The summed E-state index contributed by atoms with van der Waals surface area (Å²) in [4.78, 5) is 11.0. The van der Waals surface area contributed by atoms with E-state index < -0.39 is 0 Å². The summed E-state index contributed by atoms with van der Waals surface area (Å²) < 4.78 is 13.4. The van der Waals surface area contributed by atoms with Gasteiger partial charge < -0.3 is 11.1 Å². The number of nitrogens with one attached hydrogen (secondary N) is 1. The lowest BCUT2D eigenvalue weighted by Gasteiger charge is -2.11. The number of carbonyl (C=O) groups is 1. The fraction of sp³-hybridized carbons (Fsp3) is 0.364. The Bertz CT molecular complexity index is 381. The maximum absolute atomic E-state index is 13.4. The minimum Gasteiger partial charge on any atom is -0.369 e. The predicted octanol–water partition coefficient (Wildman–Crippen LogP) is 0.962. The zero-order chi connectivity index (χ0) is 10.8. The van der Waals surface area contributed by atoms with Gasteiger partial charge in [0, 0.05) is 18.2 Å². The molecule has 15 heavy (non-hydrogen) atoms. The highest BCUT2D eigenvalue weighted by Crippen LogP contribution is 2.28. The molecule has 1 saturated heterocycles. The molecule has 1 aromatic carbocycles. The molecule has 0 aliphatic carbocycles. The molecule has 0 radical (unpaired) electrons. The number of carbonyl (C=O) groups excluding carboxylic acids is 1. The van der Waals surface area contributed by atoms with Crippen LogP contribution in [0.15, 0.2) is 24.3 Å². The van der Waals surface area contributed by atoms with E-state index in [1.165, 1.54) is 6.07 Å². The number of hydrogen-bond donors (Lipinski definition) is 2. The van der Waals surface area contributed by atoms with Crippen molar-refractivity contribution in [3.8, 4) is 0 Å². The first-order chi connectivity index (χ1) is 7.18. The van der Waals surface area contributed by atoms with Crippen molar-refractivity contribution in [2.75, 3.05) is 6.54 Å². The van der Waals surface area contributed by atoms with E-state index in [-0.39, 0.29) is 23.7 Å². The van der Waals surface area contributed by atoms with E-state index in [1.54, 1.807) is 18.2 Å². The van der Waals surface area contributed by atoms with Crippen LogP contribution < -0.4 is 11.1 Å². The molecule has 80 valence electrons. The number of amides is 1. The summed E-state index contributed by atoms with van der Waals surface area (Å²) in [5.74, 6) is -0.740. The smallest absolute Gasteiger partial charge is 0.221 e. The third-order valence-corrected chi connectivity index (χ3v) is 2.81. The molecule has 2 atom stereocenters. The summed E-state index contributed by atoms with van der Waals surface area (Å²) in [6.45, 7) is 0.536. The fourth-order valence-corrected chi connectivity index (χ4v) is 1.95. The van der Waals surface area contributed by atoms with Gasteiger partial charge in [0.1, 0.15) is 5.82 Å². The monoisotopic (exact) mass is 208 g/mol. The second kappa shape index (κ2) is 3.98. The van der Waals surface area contributed by atoms with Gasteiger partial charge in [0.15, 0.2) is 0 Å². The molecule has 0 bridgehead atoms. The van der Waals surface area contributed by atoms with Crippen LogP contribution in [0.1, 0.15) is 18.0 Å². The lowest BCUT2D eigenvalue weighted by molar-refractivity contribution is -0.121. The van der Waals surface area contributed by atoms with Crippen LogP contribution in [0.2, 0.25) is 0 Å². The number of primary amides is 1. The Kier molecular flexibility index (Phi) is 2.68. The summed E-state index contributed by atoms with van der Waals surface area (Å²) in [7, 11) is 0. The molecule has 3 nitrogen and oxygen atoms in total. The molecule has 0 aromatic heterocycles. The van der Waals surface area contributed by atoms with Crippen molar-refractivity contribution in [3.63, 3.8) is 0 Å². The van der Waals surface area contributed by atoms with Gasteiger partial charge in [-0.2, -0.15) is 0 Å². The molecule has 1 aliphatic heterocycles. The van der Waals surface area contributed by atoms with Gasteiger partial charge in [-0.25, -0.2) is 4.39 Å². The molecule has 1 aliphatic rings. The molecule has 1 fully saturated rings. The van der Waals surface area contributed by atoms with Crippen molar-refractivity contribution < 1.29 is 9.18 Å². The first kappa shape index (κ1) is 10.1. The molecule has 0 saturated carbocycles. The van der Waals surface area contributed by atoms with Gasteiger partial charge >= 0.3 is 0 Å². The number of hydrogen-bond acceptors (Lipinski definition) is 2. The predicted molar refractivity (Wildman–Crippen MR) is 54.4 cm³/mol. The highest BCUT2D eigenvalue weighted by atomic mass is 19.1. The molecule has 2 unspecified atom stereocenters. The highest BCUT2D eigenvalue weighted by molar-refractivity contribution is 5.77. The standard InChI is InChI=1S/C11H13FN2O/c12-9-4-2-1-3-8(9)10-5-7(6-14-10)11(13)15/h1-4,7,10,14H,5-6H2,(H2,13,15). The van der Waals surface area contributed by atoms with Crippen molar-refractivity contribution in [3.05, 3.63) is 35.6 Å². The number of rotatable bonds is 2. The van der Waals surface area contributed by atoms with Crippen LogP contribution in [0.5, 0.6) is 0 Å². The molecule has 1 amide bonds. The van der Waals surface area contributed by atoms with Gasteiger partial charge in [0.2, 0.25) is 5.91 Å². The van der Waals surface area contributed by atoms with Gasteiger partial charge in [-0.15, -0.1) is 0 Å².